The first-order chi connectivity index (χ1) is 21.4. The zero-order valence-electron chi connectivity index (χ0n) is 25.1. The second kappa shape index (κ2) is 14.5. The van der Waals surface area contributed by atoms with Crippen LogP contribution in [0.25, 0.3) is 11.0 Å². The monoisotopic (exact) mass is 594 g/mol. The molecule has 2 aromatic heterocycles. The highest BCUT2D eigenvalue weighted by molar-refractivity contribution is 5.90. The lowest BCUT2D eigenvalue weighted by Crippen LogP contribution is -2.41. The van der Waals surface area contributed by atoms with Crippen LogP contribution >= 0.6 is 0 Å². The van der Waals surface area contributed by atoms with Gasteiger partial charge in [-0.15, -0.1) is 0 Å². The Bertz CT molecular complexity index is 1580. The highest BCUT2D eigenvalue weighted by Crippen LogP contribution is 2.40. The molecule has 11 heteroatoms. The van der Waals surface area contributed by atoms with E-state index in [4.69, 9.17) is 19.9 Å². The van der Waals surface area contributed by atoms with Crippen LogP contribution in [0.3, 0.4) is 0 Å². The minimum Gasteiger partial charge on any atom is -0.489 e. The van der Waals surface area contributed by atoms with Crippen molar-refractivity contribution in [2.45, 2.75) is 19.3 Å². The van der Waals surface area contributed by atoms with Crippen LogP contribution in [0.1, 0.15) is 19.3 Å². The fourth-order valence-electron chi connectivity index (χ4n) is 5.41. The third-order valence-corrected chi connectivity index (χ3v) is 7.69. The summed E-state index contributed by atoms with van der Waals surface area (Å²) in [7, 11) is 3.98. The average molecular weight is 595 g/mol. The molecule has 2 aliphatic rings. The van der Waals surface area contributed by atoms with E-state index >= 15 is 0 Å². The van der Waals surface area contributed by atoms with Crippen LogP contribution in [0.15, 0.2) is 78.3 Å². The van der Waals surface area contributed by atoms with Crippen molar-refractivity contribution in [1.82, 2.24) is 19.9 Å². The Morgan fingerprint density at radius 2 is 2.14 bits per heavy atom. The first-order valence-corrected chi connectivity index (χ1v) is 14.7. The molecule has 0 saturated carbocycles. The molecule has 1 fully saturated rings. The quantitative estimate of drug-likeness (QED) is 0.0902. The molecule has 0 aliphatic carbocycles. The SMILES string of the molecule is C=C/C(=C\C=NC=N)Oc1ccc(Nc2ncnc3cc4c(nc23)N2CCC(CCC(=O)/C=C/CN(C)C)[C@H](CO4)C2)cc1. The lowest BCUT2D eigenvalue weighted by molar-refractivity contribution is -0.115. The number of aliphatic imine (C=N–C) groups is 1. The number of nitrogens with zero attached hydrogens (tertiary/aromatic N) is 6. The van der Waals surface area contributed by atoms with Crippen molar-refractivity contribution in [2.24, 2.45) is 16.8 Å². The summed E-state index contributed by atoms with van der Waals surface area (Å²) in [6.45, 7) is 6.80. The lowest BCUT2D eigenvalue weighted by atomic mass is 9.82. The van der Waals surface area contributed by atoms with Gasteiger partial charge in [-0.05, 0) is 75.3 Å². The Kier molecular flexibility index (Phi) is 10.1. The molecule has 2 bridgehead atoms. The summed E-state index contributed by atoms with van der Waals surface area (Å²) in [4.78, 5) is 34.4. The van der Waals surface area contributed by atoms with Crippen molar-refractivity contribution in [2.75, 3.05) is 50.6 Å². The summed E-state index contributed by atoms with van der Waals surface area (Å²) in [6.07, 6.45) is 13.2. The Morgan fingerprint density at radius 1 is 1.30 bits per heavy atom. The number of fused-ring (bicyclic) bond motifs is 5. The number of likely N-dealkylation sites (N-methyl/N-ethyl adjacent to an activating group) is 1. The summed E-state index contributed by atoms with van der Waals surface area (Å²) in [5, 5.41) is 10.3. The molecule has 0 spiro atoms. The van der Waals surface area contributed by atoms with E-state index in [-0.39, 0.29) is 5.78 Å². The number of allylic oxidation sites excluding steroid dienone is 3. The van der Waals surface area contributed by atoms with Crippen LogP contribution < -0.4 is 19.7 Å². The maximum atomic E-state index is 12.4. The fraction of sp³-hybridized carbons (Fsp3) is 0.333. The van der Waals surface area contributed by atoms with Gasteiger partial charge in [-0.2, -0.15) is 0 Å². The number of aromatic nitrogens is 3. The third-order valence-electron chi connectivity index (χ3n) is 7.69. The number of piperidine rings is 1. The summed E-state index contributed by atoms with van der Waals surface area (Å²) in [6, 6.07) is 9.39. The topological polar surface area (TPSA) is 129 Å². The summed E-state index contributed by atoms with van der Waals surface area (Å²) in [5.41, 5.74) is 2.16. The molecule has 4 heterocycles. The number of hydrogen-bond donors (Lipinski definition) is 2. The van der Waals surface area contributed by atoms with E-state index in [0.717, 1.165) is 56.1 Å². The van der Waals surface area contributed by atoms with Crippen LogP contribution in [0.2, 0.25) is 0 Å². The second-order valence-corrected chi connectivity index (χ2v) is 11.1. The van der Waals surface area contributed by atoms with Gasteiger partial charge >= 0.3 is 0 Å². The smallest absolute Gasteiger partial charge is 0.172 e. The molecule has 0 radical (unpaired) electrons. The lowest BCUT2D eigenvalue weighted by Gasteiger charge is -2.36. The van der Waals surface area contributed by atoms with Gasteiger partial charge in [0.15, 0.2) is 23.2 Å². The Labute approximate surface area is 257 Å². The molecule has 44 heavy (non-hydrogen) atoms. The molecule has 11 nitrogen and oxygen atoms in total. The number of ketones is 1. The Morgan fingerprint density at radius 3 is 2.91 bits per heavy atom. The second-order valence-electron chi connectivity index (χ2n) is 11.1. The molecule has 2 atom stereocenters. The van der Waals surface area contributed by atoms with Gasteiger partial charge in [0.25, 0.3) is 0 Å². The minimum absolute atomic E-state index is 0.185. The van der Waals surface area contributed by atoms with Gasteiger partial charge < -0.3 is 24.6 Å². The van der Waals surface area contributed by atoms with E-state index < -0.39 is 0 Å². The van der Waals surface area contributed by atoms with Crippen LogP contribution in [-0.4, -0.2) is 78.5 Å². The molecule has 1 aromatic carbocycles. The van der Waals surface area contributed by atoms with E-state index in [0.29, 0.717) is 53.2 Å². The van der Waals surface area contributed by atoms with Crippen molar-refractivity contribution in [1.29, 1.82) is 5.41 Å². The maximum absolute atomic E-state index is 12.4. The standard InChI is InChI=1S/C33H38N8O3/c1-4-27(13-15-35-21-34)44-28-11-8-25(9-12-28)38-32-31-29(36-22-37-32)18-30-33(39-31)41-17-14-23(24(19-41)20-43-30)7-10-26(42)6-5-16-40(2)3/h4-6,8-9,11-13,15,18,21-24,34H,1,7,10,14,16-17,19-20H2,2-3H3,(H,36,37,38)/b6-5+,27-13+,34-21?,35-15?/t23?,24-/m0/s1. The van der Waals surface area contributed by atoms with Gasteiger partial charge in [-0.25, -0.2) is 19.9 Å². The first-order valence-electron chi connectivity index (χ1n) is 14.7. The Hall–Kier alpha value is -4.90. The number of ether oxygens (including phenoxy) is 2. The van der Waals surface area contributed by atoms with Crippen LogP contribution in [0, 0.1) is 17.2 Å². The highest BCUT2D eigenvalue weighted by Gasteiger charge is 2.34. The number of nitrogens with one attached hydrogen (secondary N) is 2. The number of rotatable bonds is 13. The third kappa shape index (κ3) is 7.73. The molecular formula is C33H38N8O3. The number of carbonyl (C=O) groups is 1. The molecule has 1 saturated heterocycles. The minimum atomic E-state index is 0.185. The highest BCUT2D eigenvalue weighted by atomic mass is 16.5. The summed E-state index contributed by atoms with van der Waals surface area (Å²) >= 11 is 0. The molecular weight excluding hydrogens is 556 g/mol. The van der Waals surface area contributed by atoms with Crippen molar-refractivity contribution in [3.63, 3.8) is 0 Å². The maximum Gasteiger partial charge on any atom is 0.172 e. The fourth-order valence-corrected chi connectivity index (χ4v) is 5.41. The predicted molar refractivity (Wildman–Crippen MR) is 174 cm³/mol. The van der Waals surface area contributed by atoms with E-state index in [1.165, 1.54) is 12.5 Å². The molecule has 2 N–H and O–H groups in total. The molecule has 0 amide bonds. The number of anilines is 3. The van der Waals surface area contributed by atoms with E-state index in [1.807, 2.05) is 55.4 Å². The van der Waals surface area contributed by atoms with Gasteiger partial charge in [0.1, 0.15) is 29.7 Å². The number of benzene rings is 1. The van der Waals surface area contributed by atoms with Crippen molar-refractivity contribution in [3.8, 4) is 11.5 Å². The predicted octanol–water partition coefficient (Wildman–Crippen LogP) is 5.20. The molecule has 1 unspecified atom stereocenters. The Balaban J connectivity index is 1.27. The normalized spacial score (nSPS) is 18.2. The van der Waals surface area contributed by atoms with Crippen LogP contribution in [-0.2, 0) is 4.79 Å². The van der Waals surface area contributed by atoms with Crippen LogP contribution in [0.4, 0.5) is 17.3 Å². The van der Waals surface area contributed by atoms with Gasteiger partial charge in [-0.1, -0.05) is 12.7 Å². The number of carbonyl (C=O) groups excluding carboxylic acids is 1. The summed E-state index contributed by atoms with van der Waals surface area (Å²) < 4.78 is 12.1. The molecule has 3 aromatic rings. The van der Waals surface area contributed by atoms with Crippen molar-refractivity contribution in [3.05, 3.63) is 73.3 Å². The van der Waals surface area contributed by atoms with Crippen LogP contribution in [0.5, 0.6) is 11.5 Å². The van der Waals surface area contributed by atoms with Crippen molar-refractivity contribution < 1.29 is 14.3 Å². The van der Waals surface area contributed by atoms with Gasteiger partial charge in [0.2, 0.25) is 0 Å². The largest absolute Gasteiger partial charge is 0.489 e. The van der Waals surface area contributed by atoms with E-state index in [2.05, 4.69) is 31.8 Å². The summed E-state index contributed by atoms with van der Waals surface area (Å²) in [5.74, 6) is 4.20. The molecule has 2 aliphatic heterocycles. The number of hydrogen-bond acceptors (Lipinski definition) is 10. The van der Waals surface area contributed by atoms with Gasteiger partial charge in [-0.3, -0.25) is 10.2 Å². The number of pyridine rings is 1. The first kappa shape index (κ1) is 30.6. The average Bonchev–Trinajstić information content (AvgIpc) is 3.16. The van der Waals surface area contributed by atoms with Crippen molar-refractivity contribution >= 4 is 46.7 Å². The molecule has 228 valence electrons. The zero-order valence-corrected chi connectivity index (χ0v) is 25.1. The van der Waals surface area contributed by atoms with E-state index in [9.17, 15) is 4.79 Å². The zero-order chi connectivity index (χ0) is 30.9. The van der Waals surface area contributed by atoms with Gasteiger partial charge in [0.05, 0.1) is 12.1 Å². The molecule has 5 rings (SSSR count). The van der Waals surface area contributed by atoms with E-state index in [1.54, 1.807) is 18.2 Å². The van der Waals surface area contributed by atoms with Gasteiger partial charge in [0, 0.05) is 49.9 Å².